The van der Waals surface area contributed by atoms with Gasteiger partial charge in [0, 0.05) is 0 Å². The molecule has 0 unspecified atom stereocenters. The summed E-state index contributed by atoms with van der Waals surface area (Å²) in [5.41, 5.74) is -0.194. The molecule has 1 aromatic rings. The minimum atomic E-state index is -4.66. The molecule has 0 heterocycles. The molecule has 1 N–H and O–H groups in total. The molecule has 0 spiro atoms. The van der Waals surface area contributed by atoms with E-state index >= 15 is 0 Å². The van der Waals surface area contributed by atoms with Gasteiger partial charge < -0.3 is 0 Å². The van der Waals surface area contributed by atoms with Crippen molar-refractivity contribution in [1.29, 1.82) is 10.5 Å². The molecule has 0 saturated heterocycles. The van der Waals surface area contributed by atoms with Crippen molar-refractivity contribution in [2.45, 2.75) is 13.1 Å². The number of hydrogen-bond donors (Lipinski definition) is 1. The molecular weight excluding hydrogens is 264 g/mol. The minimum absolute atomic E-state index is 0.206. The van der Waals surface area contributed by atoms with Crippen LogP contribution < -0.4 is 5.43 Å². The summed E-state index contributed by atoms with van der Waals surface area (Å²) >= 11 is 0. The van der Waals surface area contributed by atoms with E-state index in [-0.39, 0.29) is 11.3 Å². The maximum absolute atomic E-state index is 13.4. The molecule has 0 amide bonds. The summed E-state index contributed by atoms with van der Waals surface area (Å²) in [5.74, 6) is -1.18. The van der Waals surface area contributed by atoms with Crippen LogP contribution in [0.25, 0.3) is 0 Å². The molecule has 0 aliphatic rings. The van der Waals surface area contributed by atoms with E-state index in [0.29, 0.717) is 6.07 Å². The topological polar surface area (TPSA) is 72.0 Å². The van der Waals surface area contributed by atoms with Crippen molar-refractivity contribution in [3.63, 3.8) is 0 Å². The normalized spacial score (nSPS) is 10.3. The van der Waals surface area contributed by atoms with E-state index in [2.05, 4.69) is 5.10 Å². The van der Waals surface area contributed by atoms with Crippen LogP contribution >= 0.6 is 0 Å². The number of alkyl halides is 3. The first-order chi connectivity index (χ1) is 8.79. The molecule has 0 bridgehead atoms. The van der Waals surface area contributed by atoms with Gasteiger partial charge in [-0.1, -0.05) is 0 Å². The highest BCUT2D eigenvalue weighted by Crippen LogP contribution is 2.34. The molecule has 0 radical (unpaired) electrons. The number of nitriles is 2. The van der Waals surface area contributed by atoms with E-state index in [9.17, 15) is 17.6 Å². The smallest absolute Gasteiger partial charge is 0.274 e. The second kappa shape index (κ2) is 5.36. The van der Waals surface area contributed by atoms with Crippen molar-refractivity contribution >= 4 is 11.4 Å². The van der Waals surface area contributed by atoms with Gasteiger partial charge in [0.15, 0.2) is 0 Å². The number of halogens is 4. The maximum atomic E-state index is 13.4. The van der Waals surface area contributed by atoms with E-state index in [0.717, 1.165) is 13.0 Å². The monoisotopic (exact) mass is 270 g/mol. The zero-order chi connectivity index (χ0) is 14.6. The van der Waals surface area contributed by atoms with Gasteiger partial charge in [0.1, 0.15) is 18.0 Å². The van der Waals surface area contributed by atoms with E-state index in [4.69, 9.17) is 10.5 Å². The lowest BCUT2D eigenvalue weighted by atomic mass is 10.1. The van der Waals surface area contributed by atoms with Gasteiger partial charge in [-0.25, -0.2) is 4.39 Å². The summed E-state index contributed by atoms with van der Waals surface area (Å²) in [6.07, 6.45) is -4.66. The molecule has 1 aromatic carbocycles. The van der Waals surface area contributed by atoms with Gasteiger partial charge >= 0.3 is 6.18 Å². The van der Waals surface area contributed by atoms with Gasteiger partial charge in [0.05, 0.1) is 11.3 Å². The van der Waals surface area contributed by atoms with Gasteiger partial charge in [-0.2, -0.15) is 28.8 Å². The number of nitrogens with zero attached hydrogens (tertiary/aromatic N) is 3. The largest absolute Gasteiger partial charge is 0.416 e. The molecule has 0 aliphatic heterocycles. The zero-order valence-corrected chi connectivity index (χ0v) is 9.51. The number of benzene rings is 1. The minimum Gasteiger partial charge on any atom is -0.274 e. The Balaban J connectivity index is 3.15. The Morgan fingerprint density at radius 1 is 1.26 bits per heavy atom. The fraction of sp³-hybridized carbons (Fsp3) is 0.182. The molecule has 0 aromatic heterocycles. The van der Waals surface area contributed by atoms with Crippen LogP contribution in [-0.4, -0.2) is 5.71 Å². The standard InChI is InChI=1S/C11H6F4N4/c1-6-2-10(19-18-7(4-16)5-17)9(12)3-8(6)11(13,14)15/h2-3,19H,1H3. The van der Waals surface area contributed by atoms with Crippen molar-refractivity contribution in [2.24, 2.45) is 5.10 Å². The molecule has 4 nitrogen and oxygen atoms in total. The molecular formula is C11H6F4N4. The summed E-state index contributed by atoms with van der Waals surface area (Å²) in [6, 6.07) is 4.05. The summed E-state index contributed by atoms with van der Waals surface area (Å²) in [5, 5.41) is 20.0. The number of hydrazone groups is 1. The van der Waals surface area contributed by atoms with Crippen LogP contribution in [0.5, 0.6) is 0 Å². The molecule has 19 heavy (non-hydrogen) atoms. The Kier molecular flexibility index (Phi) is 4.07. The van der Waals surface area contributed by atoms with Crippen LogP contribution in [0.15, 0.2) is 17.2 Å². The maximum Gasteiger partial charge on any atom is 0.416 e. The van der Waals surface area contributed by atoms with Crippen LogP contribution in [-0.2, 0) is 6.18 Å². The molecule has 1 rings (SSSR count). The lowest BCUT2D eigenvalue weighted by Crippen LogP contribution is -2.09. The highest BCUT2D eigenvalue weighted by atomic mass is 19.4. The summed E-state index contributed by atoms with van der Waals surface area (Å²) in [4.78, 5) is 0. The van der Waals surface area contributed by atoms with E-state index in [1.54, 1.807) is 0 Å². The number of aryl methyl sites for hydroxylation is 1. The van der Waals surface area contributed by atoms with Crippen LogP contribution in [0.2, 0.25) is 0 Å². The van der Waals surface area contributed by atoms with Gasteiger partial charge in [-0.15, -0.1) is 0 Å². The molecule has 0 aliphatic carbocycles. The van der Waals surface area contributed by atoms with Gasteiger partial charge in [-0.05, 0) is 24.6 Å². The fourth-order valence-electron chi connectivity index (χ4n) is 1.26. The Morgan fingerprint density at radius 2 is 1.84 bits per heavy atom. The SMILES string of the molecule is Cc1cc(NN=C(C#N)C#N)c(F)cc1C(F)(F)F. The lowest BCUT2D eigenvalue weighted by Gasteiger charge is -2.12. The van der Waals surface area contributed by atoms with Crippen LogP contribution in [0.4, 0.5) is 23.2 Å². The predicted octanol–water partition coefficient (Wildman–Crippen LogP) is 2.97. The predicted molar refractivity (Wildman–Crippen MR) is 58.4 cm³/mol. The third-order valence-corrected chi connectivity index (χ3v) is 2.12. The van der Waals surface area contributed by atoms with Crippen LogP contribution in [0.1, 0.15) is 11.1 Å². The number of nitrogens with one attached hydrogen (secondary N) is 1. The summed E-state index contributed by atoms with van der Waals surface area (Å²) < 4.78 is 50.9. The average Bonchev–Trinajstić information content (AvgIpc) is 2.32. The quantitative estimate of drug-likeness (QED) is 0.510. The van der Waals surface area contributed by atoms with Crippen LogP contribution in [0, 0.1) is 35.4 Å². The molecule has 98 valence electrons. The van der Waals surface area contributed by atoms with Gasteiger partial charge in [0.2, 0.25) is 5.71 Å². The van der Waals surface area contributed by atoms with E-state index < -0.39 is 23.3 Å². The number of rotatable bonds is 2. The Labute approximate surface area is 105 Å². The summed E-state index contributed by atoms with van der Waals surface area (Å²) in [7, 11) is 0. The number of anilines is 1. The number of hydrogen-bond acceptors (Lipinski definition) is 4. The van der Waals surface area contributed by atoms with Crippen molar-refractivity contribution < 1.29 is 17.6 Å². The lowest BCUT2D eigenvalue weighted by molar-refractivity contribution is -0.138. The van der Waals surface area contributed by atoms with Crippen molar-refractivity contribution in [1.82, 2.24) is 0 Å². The summed E-state index contributed by atoms with van der Waals surface area (Å²) in [6.45, 7) is 1.16. The second-order valence-corrected chi connectivity index (χ2v) is 3.44. The third-order valence-electron chi connectivity index (χ3n) is 2.12. The third kappa shape index (κ3) is 3.42. The molecule has 8 heteroatoms. The van der Waals surface area contributed by atoms with Gasteiger partial charge in [0.25, 0.3) is 0 Å². The first-order valence-corrected chi connectivity index (χ1v) is 4.81. The first-order valence-electron chi connectivity index (χ1n) is 4.81. The van der Waals surface area contributed by atoms with Crippen molar-refractivity contribution in [3.05, 3.63) is 29.1 Å². The average molecular weight is 270 g/mol. The second-order valence-electron chi connectivity index (χ2n) is 3.44. The van der Waals surface area contributed by atoms with Crippen molar-refractivity contribution in [2.75, 3.05) is 5.43 Å². The first kappa shape index (κ1) is 14.5. The van der Waals surface area contributed by atoms with E-state index in [1.165, 1.54) is 12.1 Å². The Hall–Kier alpha value is -2.61. The molecule has 0 saturated carbocycles. The van der Waals surface area contributed by atoms with Gasteiger partial charge in [-0.3, -0.25) is 5.43 Å². The van der Waals surface area contributed by atoms with E-state index in [1.807, 2.05) is 5.43 Å². The highest BCUT2D eigenvalue weighted by Gasteiger charge is 2.33. The fourth-order valence-corrected chi connectivity index (χ4v) is 1.26. The Morgan fingerprint density at radius 3 is 2.32 bits per heavy atom. The van der Waals surface area contributed by atoms with Crippen LogP contribution in [0.3, 0.4) is 0 Å². The zero-order valence-electron chi connectivity index (χ0n) is 9.51. The molecule has 0 fully saturated rings. The highest BCUT2D eigenvalue weighted by molar-refractivity contribution is 6.10. The Bertz CT molecular complexity index is 589. The van der Waals surface area contributed by atoms with Crippen molar-refractivity contribution in [3.8, 4) is 12.1 Å². The molecule has 0 atom stereocenters.